The van der Waals surface area contributed by atoms with Gasteiger partial charge in [-0.3, -0.25) is 14.4 Å². The minimum Gasteiger partial charge on any atom is -0.378 e. The van der Waals surface area contributed by atoms with Gasteiger partial charge in [-0.15, -0.1) is 0 Å². The molecule has 2 N–H and O–H groups in total. The number of amides is 2. The van der Waals surface area contributed by atoms with Crippen LogP contribution in [0.5, 0.6) is 0 Å². The van der Waals surface area contributed by atoms with Gasteiger partial charge in [-0.05, 0) is 55.0 Å². The minimum absolute atomic E-state index is 0.0877. The first-order valence-electron chi connectivity index (χ1n) is 10.1. The average Bonchev–Trinajstić information content (AvgIpc) is 2.79. The van der Waals surface area contributed by atoms with Crippen LogP contribution in [0.4, 0.5) is 11.4 Å². The molecule has 3 rings (SSSR count). The fourth-order valence-electron chi connectivity index (χ4n) is 2.99. The number of hydrogen-bond acceptors (Lipinski definition) is 4. The normalized spacial score (nSPS) is 10.9. The Labute approximate surface area is 187 Å². The van der Waals surface area contributed by atoms with Gasteiger partial charge in [-0.1, -0.05) is 42.5 Å². The average molecular weight is 428 g/mol. The first kappa shape index (κ1) is 22.5. The van der Waals surface area contributed by atoms with Crippen molar-refractivity contribution < 1.29 is 14.4 Å². The van der Waals surface area contributed by atoms with Crippen molar-refractivity contribution in [3.05, 3.63) is 101 Å². The Morgan fingerprint density at radius 2 is 1.47 bits per heavy atom. The first-order chi connectivity index (χ1) is 15.3. The molecule has 6 nitrogen and oxygen atoms in total. The van der Waals surface area contributed by atoms with Crippen molar-refractivity contribution in [3.63, 3.8) is 0 Å². The zero-order valence-corrected chi connectivity index (χ0v) is 18.3. The molecule has 6 heteroatoms. The fraction of sp³-hybridized carbons (Fsp3) is 0.115. The summed E-state index contributed by atoms with van der Waals surface area (Å²) >= 11 is 0. The Morgan fingerprint density at radius 1 is 0.812 bits per heavy atom. The molecule has 0 aliphatic heterocycles. The second-order valence-electron chi connectivity index (χ2n) is 7.46. The lowest BCUT2D eigenvalue weighted by atomic mass is 10.1. The zero-order valence-electron chi connectivity index (χ0n) is 18.3. The van der Waals surface area contributed by atoms with Crippen LogP contribution in [0.15, 0.2) is 84.6 Å². The zero-order chi connectivity index (χ0) is 23.1. The molecule has 0 unspecified atom stereocenters. The van der Waals surface area contributed by atoms with Crippen molar-refractivity contribution in [2.45, 2.75) is 6.92 Å². The van der Waals surface area contributed by atoms with E-state index in [0.29, 0.717) is 16.8 Å². The second kappa shape index (κ2) is 10.2. The van der Waals surface area contributed by atoms with Crippen LogP contribution in [0.3, 0.4) is 0 Å². The molecule has 3 aromatic carbocycles. The molecule has 2 amide bonds. The number of rotatable bonds is 7. The molecule has 32 heavy (non-hydrogen) atoms. The maximum absolute atomic E-state index is 13.1. The summed E-state index contributed by atoms with van der Waals surface area (Å²) in [5.74, 6) is -0.990. The molecule has 3 aromatic rings. The van der Waals surface area contributed by atoms with E-state index in [1.54, 1.807) is 54.6 Å². The second-order valence-corrected chi connectivity index (χ2v) is 7.46. The Balaban J connectivity index is 1.90. The van der Waals surface area contributed by atoms with E-state index in [1.807, 2.05) is 49.3 Å². The van der Waals surface area contributed by atoms with Gasteiger partial charge in [0, 0.05) is 36.6 Å². The topological polar surface area (TPSA) is 78.5 Å². The van der Waals surface area contributed by atoms with Crippen molar-refractivity contribution in [2.75, 3.05) is 24.3 Å². The van der Waals surface area contributed by atoms with Crippen LogP contribution in [0.25, 0.3) is 6.08 Å². The summed E-state index contributed by atoms with van der Waals surface area (Å²) in [6, 6.07) is 22.9. The lowest BCUT2D eigenvalue weighted by Gasteiger charge is -2.13. The molecule has 0 atom stereocenters. The van der Waals surface area contributed by atoms with E-state index in [0.717, 1.165) is 11.3 Å². The van der Waals surface area contributed by atoms with Gasteiger partial charge in [0.25, 0.3) is 11.8 Å². The number of carbonyl (C=O) groups excluding carboxylic acids is 3. The van der Waals surface area contributed by atoms with E-state index in [-0.39, 0.29) is 11.5 Å². The van der Waals surface area contributed by atoms with E-state index < -0.39 is 11.8 Å². The summed E-state index contributed by atoms with van der Waals surface area (Å²) in [6.07, 6.45) is 1.62. The van der Waals surface area contributed by atoms with Crippen LogP contribution in [-0.2, 0) is 4.79 Å². The third-order valence-electron chi connectivity index (χ3n) is 4.78. The molecule has 162 valence electrons. The molecular weight excluding hydrogens is 402 g/mol. The minimum atomic E-state index is -0.494. The predicted molar refractivity (Wildman–Crippen MR) is 128 cm³/mol. The molecule has 0 aliphatic carbocycles. The number of nitrogens with zero attached hydrogens (tertiary/aromatic N) is 1. The quantitative estimate of drug-likeness (QED) is 0.434. The van der Waals surface area contributed by atoms with Gasteiger partial charge in [0.1, 0.15) is 5.70 Å². The van der Waals surface area contributed by atoms with E-state index in [4.69, 9.17) is 0 Å². The lowest BCUT2D eigenvalue weighted by molar-refractivity contribution is -0.113. The summed E-state index contributed by atoms with van der Waals surface area (Å²) in [5, 5.41) is 5.47. The third kappa shape index (κ3) is 5.92. The smallest absolute Gasteiger partial charge is 0.272 e. The van der Waals surface area contributed by atoms with E-state index in [2.05, 4.69) is 10.6 Å². The van der Waals surface area contributed by atoms with Gasteiger partial charge in [0.05, 0.1) is 0 Å². The highest BCUT2D eigenvalue weighted by atomic mass is 16.2. The third-order valence-corrected chi connectivity index (χ3v) is 4.78. The lowest BCUT2D eigenvalue weighted by Crippen LogP contribution is -2.30. The fourth-order valence-corrected chi connectivity index (χ4v) is 2.99. The summed E-state index contributed by atoms with van der Waals surface area (Å²) < 4.78 is 0. The summed E-state index contributed by atoms with van der Waals surface area (Å²) in [7, 11) is 3.89. The molecule has 0 aromatic heterocycles. The highest BCUT2D eigenvalue weighted by molar-refractivity contribution is 6.11. The van der Waals surface area contributed by atoms with E-state index in [1.165, 1.54) is 6.92 Å². The molecule has 0 saturated carbocycles. The molecule has 0 spiro atoms. The van der Waals surface area contributed by atoms with Crippen LogP contribution in [0.1, 0.15) is 33.2 Å². The SMILES string of the molecule is CC(=O)c1cccc(NC(=O)C(=Cc2ccc(N(C)C)cc2)NC(=O)c2ccccc2)c1. The van der Waals surface area contributed by atoms with E-state index >= 15 is 0 Å². The number of hydrogen-bond donors (Lipinski definition) is 2. The summed E-state index contributed by atoms with van der Waals surface area (Å²) in [4.78, 5) is 39.4. The van der Waals surface area contributed by atoms with Crippen molar-refractivity contribution >= 4 is 35.0 Å². The number of benzene rings is 3. The molecular formula is C26H25N3O3. The number of carbonyl (C=O) groups is 3. The molecule has 0 bridgehead atoms. The Bertz CT molecular complexity index is 1150. The number of nitrogens with one attached hydrogen (secondary N) is 2. The van der Waals surface area contributed by atoms with Gasteiger partial charge < -0.3 is 15.5 Å². The van der Waals surface area contributed by atoms with Gasteiger partial charge in [0.2, 0.25) is 0 Å². The molecule has 0 fully saturated rings. The van der Waals surface area contributed by atoms with Crippen LogP contribution >= 0.6 is 0 Å². The maximum atomic E-state index is 13.1. The summed E-state index contributed by atoms with van der Waals surface area (Å²) in [5.41, 5.74) is 3.25. The van der Waals surface area contributed by atoms with Crippen molar-refractivity contribution in [1.82, 2.24) is 5.32 Å². The highest BCUT2D eigenvalue weighted by Gasteiger charge is 2.15. The van der Waals surface area contributed by atoms with Crippen LogP contribution < -0.4 is 15.5 Å². The monoisotopic (exact) mass is 427 g/mol. The van der Waals surface area contributed by atoms with Gasteiger partial charge in [-0.25, -0.2) is 0 Å². The number of anilines is 2. The predicted octanol–water partition coefficient (Wildman–Crippen LogP) is 4.36. The van der Waals surface area contributed by atoms with Gasteiger partial charge in [0.15, 0.2) is 5.78 Å². The Morgan fingerprint density at radius 3 is 2.09 bits per heavy atom. The van der Waals surface area contributed by atoms with Crippen LogP contribution in [0.2, 0.25) is 0 Å². The van der Waals surface area contributed by atoms with Gasteiger partial charge in [-0.2, -0.15) is 0 Å². The Hall–Kier alpha value is -4.19. The number of Topliss-reactive ketones (excluding diaryl/α,β-unsaturated/α-hetero) is 1. The molecule has 0 aliphatic rings. The standard InChI is InChI=1S/C26H25N3O3/c1-18(30)21-10-7-11-22(17-21)27-26(32)24(28-25(31)20-8-5-4-6-9-20)16-19-12-14-23(15-13-19)29(2)3/h4-17H,1-3H3,(H,27,32)(H,28,31). The van der Waals surface area contributed by atoms with E-state index in [9.17, 15) is 14.4 Å². The van der Waals surface area contributed by atoms with Crippen molar-refractivity contribution in [3.8, 4) is 0 Å². The Kier molecular flexibility index (Phi) is 7.18. The molecule has 0 saturated heterocycles. The van der Waals surface area contributed by atoms with Crippen LogP contribution in [0, 0.1) is 0 Å². The summed E-state index contributed by atoms with van der Waals surface area (Å²) in [6.45, 7) is 1.46. The van der Waals surface area contributed by atoms with Crippen molar-refractivity contribution in [2.24, 2.45) is 0 Å². The molecule has 0 heterocycles. The molecule has 0 radical (unpaired) electrons. The van der Waals surface area contributed by atoms with Crippen LogP contribution in [-0.4, -0.2) is 31.7 Å². The highest BCUT2D eigenvalue weighted by Crippen LogP contribution is 2.16. The first-order valence-corrected chi connectivity index (χ1v) is 10.1. The van der Waals surface area contributed by atoms with Crippen molar-refractivity contribution in [1.29, 1.82) is 0 Å². The van der Waals surface area contributed by atoms with Gasteiger partial charge >= 0.3 is 0 Å². The number of ketones is 1. The maximum Gasteiger partial charge on any atom is 0.272 e. The largest absolute Gasteiger partial charge is 0.378 e.